The molecule has 0 heterocycles. The topological polar surface area (TPSA) is 55.2 Å². The number of hydrogen-bond donors (Lipinski definition) is 1. The summed E-state index contributed by atoms with van der Waals surface area (Å²) in [7, 11) is 0. The Morgan fingerprint density at radius 2 is 2.13 bits per heavy atom. The van der Waals surface area contributed by atoms with Crippen LogP contribution in [0.2, 0.25) is 5.02 Å². The van der Waals surface area contributed by atoms with E-state index in [4.69, 9.17) is 11.6 Å². The van der Waals surface area contributed by atoms with Gasteiger partial charge in [0.2, 0.25) is 0 Å². The van der Waals surface area contributed by atoms with Crippen molar-refractivity contribution in [2.75, 3.05) is 5.32 Å². The first kappa shape index (κ1) is 12.3. The van der Waals surface area contributed by atoms with Crippen LogP contribution in [0.3, 0.4) is 0 Å². The number of hydrogen-bond acceptors (Lipinski definition) is 3. The molecule has 0 saturated heterocycles. The first-order valence-electron chi connectivity index (χ1n) is 4.32. The van der Waals surface area contributed by atoms with E-state index >= 15 is 0 Å². The summed E-state index contributed by atoms with van der Waals surface area (Å²) in [6.45, 7) is 3.78. The second kappa shape index (κ2) is 4.81. The van der Waals surface area contributed by atoms with E-state index in [0.29, 0.717) is 15.2 Å². The monoisotopic (exact) mass is 292 g/mol. The highest BCUT2D eigenvalue weighted by Gasteiger charge is 2.19. The Balaban J connectivity index is 3.28. The van der Waals surface area contributed by atoms with Crippen molar-refractivity contribution < 1.29 is 4.92 Å². The van der Waals surface area contributed by atoms with Crippen molar-refractivity contribution >= 4 is 38.9 Å². The Morgan fingerprint density at radius 3 is 2.60 bits per heavy atom. The third kappa shape index (κ3) is 2.82. The van der Waals surface area contributed by atoms with Crippen molar-refractivity contribution in [2.24, 2.45) is 0 Å². The highest BCUT2D eigenvalue weighted by Crippen LogP contribution is 2.37. The van der Waals surface area contributed by atoms with Crippen LogP contribution >= 0.6 is 27.5 Å². The normalized spacial score (nSPS) is 10.5. The minimum absolute atomic E-state index is 0.0168. The molecule has 15 heavy (non-hydrogen) atoms. The summed E-state index contributed by atoms with van der Waals surface area (Å²) in [6.07, 6.45) is 0. The molecular weight excluding hydrogens is 283 g/mol. The number of nitrogens with one attached hydrogen (secondary N) is 1. The van der Waals surface area contributed by atoms with Crippen LogP contribution < -0.4 is 5.32 Å². The fourth-order valence-corrected chi connectivity index (χ4v) is 1.66. The number of anilines is 1. The van der Waals surface area contributed by atoms with E-state index in [1.165, 1.54) is 6.07 Å². The summed E-state index contributed by atoms with van der Waals surface area (Å²) < 4.78 is 0.637. The molecule has 0 aliphatic heterocycles. The Labute approximate surface area is 101 Å². The lowest BCUT2D eigenvalue weighted by atomic mass is 10.2. The average molecular weight is 294 g/mol. The quantitative estimate of drug-likeness (QED) is 0.680. The Morgan fingerprint density at radius 1 is 1.53 bits per heavy atom. The minimum Gasteiger partial charge on any atom is -0.376 e. The van der Waals surface area contributed by atoms with Crippen LogP contribution in [0.5, 0.6) is 0 Å². The van der Waals surface area contributed by atoms with Crippen molar-refractivity contribution in [3.05, 3.63) is 31.7 Å². The summed E-state index contributed by atoms with van der Waals surface area (Å²) in [5, 5.41) is 14.0. The number of benzene rings is 1. The average Bonchev–Trinajstić information content (AvgIpc) is 2.12. The van der Waals surface area contributed by atoms with E-state index in [-0.39, 0.29) is 11.7 Å². The Hall–Kier alpha value is -0.810. The zero-order valence-corrected chi connectivity index (χ0v) is 10.6. The molecule has 0 radical (unpaired) electrons. The Bertz CT molecular complexity index is 396. The molecular formula is C9H10BrClN2O2. The lowest BCUT2D eigenvalue weighted by Crippen LogP contribution is -2.11. The van der Waals surface area contributed by atoms with Gasteiger partial charge in [-0.15, -0.1) is 0 Å². The molecule has 6 heteroatoms. The van der Waals surface area contributed by atoms with Crippen molar-refractivity contribution in [1.82, 2.24) is 0 Å². The first-order chi connectivity index (χ1) is 6.93. The number of nitrogens with zero attached hydrogens (tertiary/aromatic N) is 1. The predicted octanol–water partition coefficient (Wildman–Crippen LogP) is 3.83. The van der Waals surface area contributed by atoms with Crippen molar-refractivity contribution in [3.8, 4) is 0 Å². The van der Waals surface area contributed by atoms with E-state index in [9.17, 15) is 10.1 Å². The second-order valence-electron chi connectivity index (χ2n) is 3.31. The van der Waals surface area contributed by atoms with Gasteiger partial charge in [-0.2, -0.15) is 0 Å². The highest BCUT2D eigenvalue weighted by molar-refractivity contribution is 9.10. The molecule has 1 aromatic carbocycles. The maximum atomic E-state index is 10.8. The minimum atomic E-state index is -0.455. The summed E-state index contributed by atoms with van der Waals surface area (Å²) in [6, 6.07) is 3.06. The molecule has 0 atom stereocenters. The predicted molar refractivity (Wildman–Crippen MR) is 64.6 cm³/mol. The lowest BCUT2D eigenvalue weighted by molar-refractivity contribution is -0.384. The molecule has 1 aromatic rings. The van der Waals surface area contributed by atoms with E-state index in [1.807, 2.05) is 13.8 Å². The van der Waals surface area contributed by atoms with E-state index < -0.39 is 4.92 Å². The molecule has 0 aromatic heterocycles. The zero-order valence-electron chi connectivity index (χ0n) is 8.25. The molecule has 0 fully saturated rings. The summed E-state index contributed by atoms with van der Waals surface area (Å²) in [4.78, 5) is 10.3. The molecule has 0 bridgehead atoms. The van der Waals surface area contributed by atoms with Gasteiger partial charge >= 0.3 is 0 Å². The van der Waals surface area contributed by atoms with E-state index in [0.717, 1.165) is 0 Å². The largest absolute Gasteiger partial charge is 0.376 e. The van der Waals surface area contributed by atoms with Gasteiger partial charge in [-0.3, -0.25) is 10.1 Å². The number of nitro groups is 1. The van der Waals surface area contributed by atoms with Crippen molar-refractivity contribution in [2.45, 2.75) is 19.9 Å². The lowest BCUT2D eigenvalue weighted by Gasteiger charge is -2.12. The van der Waals surface area contributed by atoms with E-state index in [2.05, 4.69) is 21.2 Å². The molecule has 0 spiro atoms. The van der Waals surface area contributed by atoms with Crippen LogP contribution in [-0.2, 0) is 0 Å². The molecule has 4 nitrogen and oxygen atoms in total. The molecule has 0 aliphatic carbocycles. The molecule has 1 rings (SSSR count). The van der Waals surface area contributed by atoms with Gasteiger partial charge in [-0.25, -0.2) is 0 Å². The van der Waals surface area contributed by atoms with Crippen LogP contribution in [0.15, 0.2) is 16.6 Å². The smallest absolute Gasteiger partial charge is 0.293 e. The fraction of sp³-hybridized carbons (Fsp3) is 0.333. The van der Waals surface area contributed by atoms with Gasteiger partial charge in [-0.1, -0.05) is 11.6 Å². The van der Waals surface area contributed by atoms with Gasteiger partial charge < -0.3 is 5.32 Å². The van der Waals surface area contributed by atoms with Crippen LogP contribution in [0.1, 0.15) is 13.8 Å². The first-order valence-corrected chi connectivity index (χ1v) is 5.49. The van der Waals surface area contributed by atoms with Gasteiger partial charge in [0.15, 0.2) is 0 Å². The third-order valence-corrected chi connectivity index (χ3v) is 2.98. The molecule has 0 saturated carbocycles. The van der Waals surface area contributed by atoms with Crippen molar-refractivity contribution in [1.29, 1.82) is 0 Å². The van der Waals surface area contributed by atoms with Gasteiger partial charge in [0.05, 0.1) is 9.95 Å². The van der Waals surface area contributed by atoms with Gasteiger partial charge in [0.25, 0.3) is 5.69 Å². The number of nitro benzene ring substituents is 1. The van der Waals surface area contributed by atoms with Crippen LogP contribution in [0.25, 0.3) is 0 Å². The SMILES string of the molecule is CC(C)Nc1c([N+](=O)[O-])ccc(Br)c1Cl. The Kier molecular flexibility index (Phi) is 3.93. The maximum Gasteiger partial charge on any atom is 0.293 e. The second-order valence-corrected chi connectivity index (χ2v) is 4.54. The summed E-state index contributed by atoms with van der Waals surface area (Å²) >= 11 is 9.20. The standard InChI is InChI=1S/C9H10BrClN2O2/c1-5(2)12-9-7(13(14)15)4-3-6(10)8(9)11/h3-5,12H,1-2H3. The molecule has 0 amide bonds. The van der Waals surface area contributed by atoms with Crippen LogP contribution in [0.4, 0.5) is 11.4 Å². The summed E-state index contributed by atoms with van der Waals surface area (Å²) in [5.74, 6) is 0. The van der Waals surface area contributed by atoms with Crippen LogP contribution in [-0.4, -0.2) is 11.0 Å². The number of halogens is 2. The molecule has 1 N–H and O–H groups in total. The molecule has 0 aliphatic rings. The maximum absolute atomic E-state index is 10.8. The van der Waals surface area contributed by atoms with E-state index in [1.54, 1.807) is 6.07 Å². The summed E-state index contributed by atoms with van der Waals surface area (Å²) in [5.41, 5.74) is 0.336. The van der Waals surface area contributed by atoms with Gasteiger partial charge in [-0.05, 0) is 35.8 Å². The van der Waals surface area contributed by atoms with Gasteiger partial charge in [0.1, 0.15) is 5.69 Å². The zero-order chi connectivity index (χ0) is 11.6. The van der Waals surface area contributed by atoms with Crippen LogP contribution in [0, 0.1) is 10.1 Å². The third-order valence-electron chi connectivity index (χ3n) is 1.70. The number of rotatable bonds is 3. The highest BCUT2D eigenvalue weighted by atomic mass is 79.9. The molecule has 82 valence electrons. The van der Waals surface area contributed by atoms with Crippen molar-refractivity contribution in [3.63, 3.8) is 0 Å². The fourth-order valence-electron chi connectivity index (χ4n) is 1.12. The molecule has 0 unspecified atom stereocenters. The van der Waals surface area contributed by atoms with Gasteiger partial charge in [0, 0.05) is 16.6 Å².